The van der Waals surface area contributed by atoms with Gasteiger partial charge in [0.1, 0.15) is 39.9 Å². The molecule has 0 spiro atoms. The first kappa shape index (κ1) is 25.0. The highest BCUT2D eigenvalue weighted by Crippen LogP contribution is 2.38. The molecule has 7 nitrogen and oxygen atoms in total. The highest BCUT2D eigenvalue weighted by Gasteiger charge is 2.29. The van der Waals surface area contributed by atoms with Crippen molar-refractivity contribution in [2.45, 2.75) is 6.92 Å². The van der Waals surface area contributed by atoms with E-state index in [1.165, 1.54) is 6.07 Å². The number of fused-ring (bicyclic) bond motifs is 2. The Labute approximate surface area is 230 Å². The van der Waals surface area contributed by atoms with Crippen LogP contribution in [0.4, 0.5) is 0 Å². The number of furan rings is 1. The summed E-state index contributed by atoms with van der Waals surface area (Å²) in [4.78, 5) is 26.6. The van der Waals surface area contributed by atoms with Crippen LogP contribution in [0.5, 0.6) is 23.0 Å². The van der Waals surface area contributed by atoms with Gasteiger partial charge in [0.2, 0.25) is 5.78 Å². The SMILES string of the molecule is CCOc1ccc2oc(-c3ccccc3)c(C(=O)Oc3ccc4c(c3)O/C(=C\c3cccc(OC)c3)C4=O)c2c1. The zero-order chi connectivity index (χ0) is 27.6. The Hall–Kier alpha value is -5.30. The minimum absolute atomic E-state index is 0.169. The van der Waals surface area contributed by atoms with E-state index in [2.05, 4.69) is 0 Å². The molecule has 0 saturated carbocycles. The molecule has 0 fully saturated rings. The van der Waals surface area contributed by atoms with E-state index in [0.717, 1.165) is 11.1 Å². The topological polar surface area (TPSA) is 84.2 Å². The van der Waals surface area contributed by atoms with Gasteiger partial charge in [0.25, 0.3) is 0 Å². The molecular formula is C33H24O7. The summed E-state index contributed by atoms with van der Waals surface area (Å²) in [5.74, 6) is 1.52. The van der Waals surface area contributed by atoms with Gasteiger partial charge in [-0.25, -0.2) is 4.79 Å². The number of Topliss-reactive ketones (excluding diaryl/α,β-unsaturated/α-hetero) is 1. The van der Waals surface area contributed by atoms with E-state index in [-0.39, 0.29) is 22.9 Å². The summed E-state index contributed by atoms with van der Waals surface area (Å²) in [5.41, 5.74) is 2.69. The second-order valence-corrected chi connectivity index (χ2v) is 9.03. The number of benzene rings is 4. The first-order valence-corrected chi connectivity index (χ1v) is 12.7. The average Bonchev–Trinajstić information content (AvgIpc) is 3.50. The van der Waals surface area contributed by atoms with Crippen LogP contribution in [0.3, 0.4) is 0 Å². The number of methoxy groups -OCH3 is 1. The molecule has 0 unspecified atom stereocenters. The van der Waals surface area contributed by atoms with Gasteiger partial charge in [-0.3, -0.25) is 4.79 Å². The Balaban J connectivity index is 1.32. The largest absolute Gasteiger partial charge is 0.497 e. The number of rotatable bonds is 7. The summed E-state index contributed by atoms with van der Waals surface area (Å²) in [7, 11) is 1.58. The normalized spacial score (nSPS) is 13.2. The number of carbonyl (C=O) groups excluding carboxylic acids is 2. The molecule has 0 N–H and O–H groups in total. The van der Waals surface area contributed by atoms with Crippen LogP contribution >= 0.6 is 0 Å². The van der Waals surface area contributed by atoms with Crippen LogP contribution in [0, 0.1) is 0 Å². The first-order chi connectivity index (χ1) is 19.5. The summed E-state index contributed by atoms with van der Waals surface area (Å²) in [6.45, 7) is 2.37. The fraction of sp³-hybridized carbons (Fsp3) is 0.0909. The monoisotopic (exact) mass is 532 g/mol. The Bertz CT molecular complexity index is 1780. The van der Waals surface area contributed by atoms with Crippen molar-refractivity contribution < 1.29 is 33.0 Å². The van der Waals surface area contributed by atoms with Crippen LogP contribution in [0.25, 0.3) is 28.4 Å². The van der Waals surface area contributed by atoms with Gasteiger partial charge in [-0.1, -0.05) is 42.5 Å². The third-order valence-corrected chi connectivity index (χ3v) is 6.45. The summed E-state index contributed by atoms with van der Waals surface area (Å²) < 4.78 is 28.7. The second-order valence-electron chi connectivity index (χ2n) is 9.03. The molecule has 0 aliphatic carbocycles. The number of hydrogen-bond donors (Lipinski definition) is 0. The van der Waals surface area contributed by atoms with Crippen molar-refractivity contribution in [3.8, 4) is 34.3 Å². The van der Waals surface area contributed by atoms with E-state index in [1.54, 1.807) is 49.6 Å². The Morgan fingerprint density at radius 2 is 1.70 bits per heavy atom. The van der Waals surface area contributed by atoms with Crippen molar-refractivity contribution in [2.75, 3.05) is 13.7 Å². The third kappa shape index (κ3) is 4.69. The van der Waals surface area contributed by atoms with E-state index in [9.17, 15) is 9.59 Å². The summed E-state index contributed by atoms with van der Waals surface area (Å²) in [5, 5.41) is 0.575. The standard InChI is InChI=1S/C33H24O7/c1-3-37-23-13-15-27-26(18-23)30(32(40-27)21-9-5-4-6-10-21)33(35)38-24-12-14-25-28(19-24)39-29(31(25)34)17-20-8-7-11-22(16-20)36-2/h4-19H,3H2,1-2H3/b29-17-. The summed E-state index contributed by atoms with van der Waals surface area (Å²) in [6, 6.07) is 26.7. The smallest absolute Gasteiger partial charge is 0.348 e. The van der Waals surface area contributed by atoms with Gasteiger partial charge < -0.3 is 23.4 Å². The molecule has 198 valence electrons. The second kappa shape index (κ2) is 10.5. The zero-order valence-corrected chi connectivity index (χ0v) is 21.8. The number of carbonyl (C=O) groups is 2. The lowest BCUT2D eigenvalue weighted by molar-refractivity contribution is 0.0736. The predicted octanol–water partition coefficient (Wildman–Crippen LogP) is 7.34. The van der Waals surface area contributed by atoms with Crippen LogP contribution in [0.2, 0.25) is 0 Å². The van der Waals surface area contributed by atoms with Gasteiger partial charge in [-0.2, -0.15) is 0 Å². The van der Waals surface area contributed by atoms with E-state index < -0.39 is 5.97 Å². The quantitative estimate of drug-likeness (QED) is 0.123. The number of ketones is 1. The molecular weight excluding hydrogens is 508 g/mol. The molecule has 7 heteroatoms. The number of allylic oxidation sites excluding steroid dienone is 1. The van der Waals surface area contributed by atoms with E-state index in [4.69, 9.17) is 23.4 Å². The van der Waals surface area contributed by atoms with Crippen LogP contribution in [-0.4, -0.2) is 25.5 Å². The number of hydrogen-bond acceptors (Lipinski definition) is 7. The molecule has 40 heavy (non-hydrogen) atoms. The van der Waals surface area contributed by atoms with Gasteiger partial charge in [-0.15, -0.1) is 0 Å². The lowest BCUT2D eigenvalue weighted by atomic mass is 10.1. The molecule has 0 bridgehead atoms. The minimum Gasteiger partial charge on any atom is -0.497 e. The molecule has 0 saturated heterocycles. The molecule has 1 aliphatic heterocycles. The summed E-state index contributed by atoms with van der Waals surface area (Å²) >= 11 is 0. The molecule has 5 aromatic rings. The van der Waals surface area contributed by atoms with Gasteiger partial charge in [0.05, 0.1) is 19.3 Å². The molecule has 6 rings (SSSR count). The lowest BCUT2D eigenvalue weighted by Gasteiger charge is -2.07. The van der Waals surface area contributed by atoms with E-state index in [1.807, 2.05) is 55.5 Å². The summed E-state index contributed by atoms with van der Waals surface area (Å²) in [6.07, 6.45) is 1.65. The lowest BCUT2D eigenvalue weighted by Crippen LogP contribution is -2.09. The van der Waals surface area contributed by atoms with Crippen LogP contribution in [0.15, 0.2) is 101 Å². The van der Waals surface area contributed by atoms with Gasteiger partial charge in [0.15, 0.2) is 5.76 Å². The van der Waals surface area contributed by atoms with E-state index in [0.29, 0.717) is 46.1 Å². The highest BCUT2D eigenvalue weighted by molar-refractivity contribution is 6.15. The van der Waals surface area contributed by atoms with Crippen molar-refractivity contribution in [3.63, 3.8) is 0 Å². The molecule has 0 amide bonds. The maximum absolute atomic E-state index is 13.6. The van der Waals surface area contributed by atoms with Gasteiger partial charge in [0, 0.05) is 17.0 Å². The van der Waals surface area contributed by atoms with Crippen molar-refractivity contribution >= 4 is 28.8 Å². The Kier molecular flexibility index (Phi) is 6.54. The maximum atomic E-state index is 13.6. The fourth-order valence-corrected chi connectivity index (χ4v) is 4.60. The van der Waals surface area contributed by atoms with Crippen molar-refractivity contribution in [1.82, 2.24) is 0 Å². The molecule has 1 aromatic heterocycles. The zero-order valence-electron chi connectivity index (χ0n) is 21.8. The van der Waals surface area contributed by atoms with Crippen LogP contribution in [-0.2, 0) is 0 Å². The molecule has 0 radical (unpaired) electrons. The highest BCUT2D eigenvalue weighted by atomic mass is 16.5. The van der Waals surface area contributed by atoms with E-state index >= 15 is 0 Å². The fourth-order valence-electron chi connectivity index (χ4n) is 4.60. The van der Waals surface area contributed by atoms with Crippen molar-refractivity contribution in [3.05, 3.63) is 113 Å². The van der Waals surface area contributed by atoms with Crippen LogP contribution in [0.1, 0.15) is 33.2 Å². The minimum atomic E-state index is -0.609. The van der Waals surface area contributed by atoms with Crippen molar-refractivity contribution in [1.29, 1.82) is 0 Å². The maximum Gasteiger partial charge on any atom is 0.348 e. The Morgan fingerprint density at radius 1 is 0.875 bits per heavy atom. The predicted molar refractivity (Wildman–Crippen MR) is 150 cm³/mol. The average molecular weight is 533 g/mol. The van der Waals surface area contributed by atoms with Crippen LogP contribution < -0.4 is 18.9 Å². The first-order valence-electron chi connectivity index (χ1n) is 12.7. The third-order valence-electron chi connectivity index (χ3n) is 6.45. The molecule has 0 atom stereocenters. The molecule has 1 aliphatic rings. The van der Waals surface area contributed by atoms with Gasteiger partial charge in [-0.05, 0) is 61.0 Å². The van der Waals surface area contributed by atoms with Gasteiger partial charge >= 0.3 is 5.97 Å². The number of ether oxygens (including phenoxy) is 4. The molecule has 2 heterocycles. The van der Waals surface area contributed by atoms with Crippen molar-refractivity contribution in [2.24, 2.45) is 0 Å². The Morgan fingerprint density at radius 3 is 2.50 bits per heavy atom. The number of esters is 1. The molecule has 4 aromatic carbocycles.